The van der Waals surface area contributed by atoms with E-state index in [0.717, 1.165) is 23.9 Å². The Morgan fingerprint density at radius 3 is 2.68 bits per heavy atom. The van der Waals surface area contributed by atoms with Gasteiger partial charge in [0.2, 0.25) is 0 Å². The molecule has 1 fully saturated rings. The number of rotatable bonds is 4. The van der Waals surface area contributed by atoms with E-state index >= 15 is 0 Å². The molecule has 1 aliphatic heterocycles. The van der Waals surface area contributed by atoms with E-state index in [2.05, 4.69) is 9.73 Å². The Labute approximate surface area is 168 Å². The molecule has 0 radical (unpaired) electrons. The summed E-state index contributed by atoms with van der Waals surface area (Å²) in [5.41, 5.74) is 0.583. The molecule has 0 aromatic heterocycles. The number of benzene rings is 2. The fourth-order valence-electron chi connectivity index (χ4n) is 2.36. The lowest BCUT2D eigenvalue weighted by atomic mass is 10.2. The highest BCUT2D eigenvalue weighted by atomic mass is 35.5. The zero-order valence-electron chi connectivity index (χ0n) is 14.5. The predicted octanol–water partition coefficient (Wildman–Crippen LogP) is 4.44. The largest absolute Gasteiger partial charge is 0.466 e. The Morgan fingerprint density at radius 2 is 2.00 bits per heavy atom. The number of hydrogen-bond acceptors (Lipinski definition) is 5. The highest BCUT2D eigenvalue weighted by Crippen LogP contribution is 2.34. The summed E-state index contributed by atoms with van der Waals surface area (Å²) in [4.78, 5) is 29.9. The number of amides is 1. The number of esters is 1. The van der Waals surface area contributed by atoms with Crippen LogP contribution in [0.15, 0.2) is 58.4 Å². The van der Waals surface area contributed by atoms with E-state index in [1.807, 2.05) is 0 Å². The molecule has 144 valence electrons. The Kier molecular flexibility index (Phi) is 6.11. The molecule has 5 nitrogen and oxygen atoms in total. The maximum absolute atomic E-state index is 14.1. The van der Waals surface area contributed by atoms with Gasteiger partial charge in [-0.1, -0.05) is 29.8 Å². The second-order valence-corrected chi connectivity index (χ2v) is 7.03. The summed E-state index contributed by atoms with van der Waals surface area (Å²) in [7, 11) is 1.19. The van der Waals surface area contributed by atoms with Crippen LogP contribution >= 0.6 is 23.4 Å². The molecule has 0 N–H and O–H groups in total. The van der Waals surface area contributed by atoms with Crippen LogP contribution in [0.2, 0.25) is 5.02 Å². The van der Waals surface area contributed by atoms with Gasteiger partial charge < -0.3 is 4.74 Å². The van der Waals surface area contributed by atoms with Gasteiger partial charge in [-0.3, -0.25) is 9.69 Å². The lowest BCUT2D eigenvalue weighted by molar-refractivity contribution is -0.135. The maximum atomic E-state index is 14.1. The first-order valence-electron chi connectivity index (χ1n) is 7.95. The third-order valence-corrected chi connectivity index (χ3v) is 5.05. The number of amidine groups is 1. The summed E-state index contributed by atoms with van der Waals surface area (Å²) in [6.45, 7) is -0.0925. The first-order valence-corrected chi connectivity index (χ1v) is 9.15. The summed E-state index contributed by atoms with van der Waals surface area (Å²) in [6, 6.07) is 9.86. The molecule has 0 spiro atoms. The minimum absolute atomic E-state index is 0.0788. The zero-order valence-corrected chi connectivity index (χ0v) is 16.1. The summed E-state index contributed by atoms with van der Waals surface area (Å²) >= 11 is 6.71. The highest BCUT2D eigenvalue weighted by molar-refractivity contribution is 8.18. The van der Waals surface area contributed by atoms with Crippen molar-refractivity contribution in [3.8, 4) is 0 Å². The number of nitrogens with zero attached hydrogens (tertiary/aromatic N) is 2. The van der Waals surface area contributed by atoms with Crippen LogP contribution in [0, 0.1) is 11.6 Å². The van der Waals surface area contributed by atoms with E-state index in [4.69, 9.17) is 11.6 Å². The number of thioether (sulfide) groups is 1. The number of ether oxygens (including phenoxy) is 1. The number of halogens is 3. The molecule has 0 bridgehead atoms. The quantitative estimate of drug-likeness (QED) is 0.540. The number of carbonyl (C=O) groups is 2. The number of methoxy groups -OCH3 is 1. The van der Waals surface area contributed by atoms with Gasteiger partial charge in [0.25, 0.3) is 5.91 Å². The van der Waals surface area contributed by atoms with Crippen LogP contribution < -0.4 is 0 Å². The molecule has 0 aliphatic carbocycles. The van der Waals surface area contributed by atoms with E-state index < -0.39 is 23.5 Å². The van der Waals surface area contributed by atoms with Gasteiger partial charge in [0.15, 0.2) is 5.17 Å². The van der Waals surface area contributed by atoms with Gasteiger partial charge in [-0.15, -0.1) is 0 Å². The van der Waals surface area contributed by atoms with Crippen molar-refractivity contribution >= 4 is 46.1 Å². The van der Waals surface area contributed by atoms with E-state index in [0.29, 0.717) is 5.69 Å². The van der Waals surface area contributed by atoms with Crippen molar-refractivity contribution in [3.63, 3.8) is 0 Å². The van der Waals surface area contributed by atoms with Crippen LogP contribution in [0.5, 0.6) is 0 Å². The molecule has 2 aromatic rings. The molecule has 1 heterocycles. The Hall–Kier alpha value is -2.71. The summed E-state index contributed by atoms with van der Waals surface area (Å²) < 4.78 is 32.0. The van der Waals surface area contributed by atoms with Crippen LogP contribution in [-0.2, 0) is 20.9 Å². The zero-order chi connectivity index (χ0) is 20.3. The van der Waals surface area contributed by atoms with Crippen molar-refractivity contribution in [2.75, 3.05) is 7.11 Å². The van der Waals surface area contributed by atoms with Crippen LogP contribution in [0.1, 0.15) is 5.56 Å². The van der Waals surface area contributed by atoms with Gasteiger partial charge in [0.05, 0.1) is 29.3 Å². The SMILES string of the molecule is COC(=O)C=C1SC(=Nc2ccc(F)c(Cl)c2)N(Cc2ccccc2F)C1=O. The lowest BCUT2D eigenvalue weighted by Gasteiger charge is -2.16. The predicted molar refractivity (Wildman–Crippen MR) is 103 cm³/mol. The molecule has 0 saturated carbocycles. The Morgan fingerprint density at radius 1 is 1.25 bits per heavy atom. The average molecular weight is 423 g/mol. The van der Waals surface area contributed by atoms with Crippen LogP contribution in [0.3, 0.4) is 0 Å². The molecule has 1 aliphatic rings. The topological polar surface area (TPSA) is 59.0 Å². The number of carbonyl (C=O) groups excluding carboxylic acids is 2. The van der Waals surface area contributed by atoms with Crippen molar-refractivity contribution in [1.29, 1.82) is 0 Å². The average Bonchev–Trinajstić information content (AvgIpc) is 2.95. The third kappa shape index (κ3) is 4.40. The first-order chi connectivity index (χ1) is 13.4. The normalized spacial score (nSPS) is 16.9. The van der Waals surface area contributed by atoms with E-state index in [9.17, 15) is 18.4 Å². The van der Waals surface area contributed by atoms with Crippen LogP contribution in [-0.4, -0.2) is 29.1 Å². The Balaban J connectivity index is 2.00. The fourth-order valence-corrected chi connectivity index (χ4v) is 3.49. The van der Waals surface area contributed by atoms with E-state index in [1.165, 1.54) is 36.3 Å². The Bertz CT molecular complexity index is 1010. The van der Waals surface area contributed by atoms with Gasteiger partial charge in [0, 0.05) is 11.6 Å². The van der Waals surface area contributed by atoms with Crippen molar-refractivity contribution in [2.45, 2.75) is 6.54 Å². The smallest absolute Gasteiger partial charge is 0.331 e. The van der Waals surface area contributed by atoms with Crippen molar-refractivity contribution < 1.29 is 23.1 Å². The summed E-state index contributed by atoms with van der Waals surface area (Å²) in [6.07, 6.45) is 1.04. The minimum Gasteiger partial charge on any atom is -0.466 e. The standard InChI is InChI=1S/C19H13ClF2N2O3S/c1-27-17(25)9-16-18(26)24(10-11-4-2-3-5-14(11)21)19(28-16)23-12-6-7-15(22)13(20)8-12/h2-9H,10H2,1H3. The molecule has 2 aromatic carbocycles. The molecule has 1 saturated heterocycles. The molecule has 1 amide bonds. The molecular weight excluding hydrogens is 410 g/mol. The minimum atomic E-state index is -0.701. The van der Waals surface area contributed by atoms with Crippen LogP contribution in [0.25, 0.3) is 0 Å². The highest BCUT2D eigenvalue weighted by Gasteiger charge is 2.34. The molecule has 9 heteroatoms. The molecule has 0 unspecified atom stereocenters. The third-order valence-electron chi connectivity index (χ3n) is 3.75. The van der Waals surface area contributed by atoms with Crippen molar-refractivity contribution in [2.24, 2.45) is 4.99 Å². The van der Waals surface area contributed by atoms with E-state index in [-0.39, 0.29) is 27.2 Å². The van der Waals surface area contributed by atoms with Gasteiger partial charge in [0.1, 0.15) is 11.6 Å². The van der Waals surface area contributed by atoms with E-state index in [1.54, 1.807) is 12.1 Å². The molecular formula is C19H13ClF2N2O3S. The second kappa shape index (κ2) is 8.53. The summed E-state index contributed by atoms with van der Waals surface area (Å²) in [5.74, 6) is -2.30. The van der Waals surface area contributed by atoms with Crippen molar-refractivity contribution in [1.82, 2.24) is 4.90 Å². The second-order valence-electron chi connectivity index (χ2n) is 5.61. The van der Waals surface area contributed by atoms with Gasteiger partial charge in [-0.2, -0.15) is 0 Å². The van der Waals surface area contributed by atoms with Gasteiger partial charge in [-0.25, -0.2) is 18.6 Å². The van der Waals surface area contributed by atoms with Crippen molar-refractivity contribution in [3.05, 3.63) is 75.7 Å². The van der Waals surface area contributed by atoms with Gasteiger partial charge in [-0.05, 0) is 36.0 Å². The molecule has 28 heavy (non-hydrogen) atoms. The summed E-state index contributed by atoms with van der Waals surface area (Å²) in [5, 5.41) is 0.0771. The number of hydrogen-bond donors (Lipinski definition) is 0. The lowest BCUT2D eigenvalue weighted by Crippen LogP contribution is -2.29. The molecule has 0 atom stereocenters. The number of aliphatic imine (C=N–C) groups is 1. The van der Waals surface area contributed by atoms with Crippen LogP contribution in [0.4, 0.5) is 14.5 Å². The first kappa shape index (κ1) is 20.0. The maximum Gasteiger partial charge on any atom is 0.331 e. The molecule has 3 rings (SSSR count). The van der Waals surface area contributed by atoms with Gasteiger partial charge >= 0.3 is 5.97 Å². The fraction of sp³-hybridized carbons (Fsp3) is 0.105. The monoisotopic (exact) mass is 422 g/mol.